The van der Waals surface area contributed by atoms with E-state index in [0.717, 1.165) is 0 Å². The van der Waals surface area contributed by atoms with Crippen molar-refractivity contribution in [1.82, 2.24) is 30.2 Å². The largest absolute Gasteiger partial charge is 0.343 e. The standard InChI is InChI=1S/C13H11ClN6O3/c1-20-6-8(4-17-20)11-18-10(23-19-11)5-16-12(21)7-2-9(14)13(22)15-3-7/h2-4,6H,5H2,1H3,(H,15,22)(H,16,21). The average Bonchev–Trinajstić information content (AvgIpc) is 3.16. The number of aromatic nitrogens is 5. The molecule has 0 radical (unpaired) electrons. The fourth-order valence-electron chi connectivity index (χ4n) is 1.83. The van der Waals surface area contributed by atoms with Gasteiger partial charge in [0.25, 0.3) is 11.5 Å². The highest BCUT2D eigenvalue weighted by Gasteiger charge is 2.12. The van der Waals surface area contributed by atoms with Crippen molar-refractivity contribution in [3.05, 3.63) is 51.5 Å². The lowest BCUT2D eigenvalue weighted by Crippen LogP contribution is -2.24. The van der Waals surface area contributed by atoms with Crippen molar-refractivity contribution in [2.45, 2.75) is 6.54 Å². The van der Waals surface area contributed by atoms with Crippen molar-refractivity contribution in [2.75, 3.05) is 0 Å². The van der Waals surface area contributed by atoms with Crippen LogP contribution in [0, 0.1) is 0 Å². The summed E-state index contributed by atoms with van der Waals surface area (Å²) >= 11 is 5.68. The lowest BCUT2D eigenvalue weighted by molar-refractivity contribution is 0.0946. The van der Waals surface area contributed by atoms with E-state index in [2.05, 4.69) is 25.5 Å². The molecule has 0 aliphatic rings. The van der Waals surface area contributed by atoms with E-state index in [0.29, 0.717) is 11.4 Å². The molecule has 0 aliphatic heterocycles. The SMILES string of the molecule is Cn1cc(-c2noc(CNC(=O)c3c[nH]c(=O)c(Cl)c3)n2)cn1. The molecular formula is C13H11ClN6O3. The Morgan fingerprint density at radius 3 is 3.04 bits per heavy atom. The second-order valence-corrected chi connectivity index (χ2v) is 5.07. The summed E-state index contributed by atoms with van der Waals surface area (Å²) in [6.45, 7) is 0.0445. The molecule has 3 aromatic heterocycles. The zero-order chi connectivity index (χ0) is 16.4. The van der Waals surface area contributed by atoms with E-state index in [1.54, 1.807) is 24.1 Å². The monoisotopic (exact) mass is 334 g/mol. The maximum Gasteiger partial charge on any atom is 0.266 e. The Morgan fingerprint density at radius 2 is 2.35 bits per heavy atom. The average molecular weight is 335 g/mol. The number of pyridine rings is 1. The summed E-state index contributed by atoms with van der Waals surface area (Å²) in [5.74, 6) is 0.200. The maximum atomic E-state index is 12.0. The summed E-state index contributed by atoms with van der Waals surface area (Å²) in [6, 6.07) is 1.28. The molecule has 0 saturated heterocycles. The van der Waals surface area contributed by atoms with E-state index in [4.69, 9.17) is 16.1 Å². The molecule has 0 saturated carbocycles. The summed E-state index contributed by atoms with van der Waals surface area (Å²) in [4.78, 5) is 29.6. The molecule has 9 nitrogen and oxygen atoms in total. The molecule has 1 amide bonds. The van der Waals surface area contributed by atoms with E-state index in [-0.39, 0.29) is 23.0 Å². The second-order valence-electron chi connectivity index (χ2n) is 4.66. The van der Waals surface area contributed by atoms with Crippen LogP contribution < -0.4 is 10.9 Å². The van der Waals surface area contributed by atoms with Gasteiger partial charge in [0, 0.05) is 19.4 Å². The van der Waals surface area contributed by atoms with E-state index in [1.165, 1.54) is 12.3 Å². The van der Waals surface area contributed by atoms with Gasteiger partial charge in [0.15, 0.2) is 0 Å². The van der Waals surface area contributed by atoms with E-state index >= 15 is 0 Å². The maximum absolute atomic E-state index is 12.0. The summed E-state index contributed by atoms with van der Waals surface area (Å²) in [6.07, 6.45) is 4.63. The number of halogens is 1. The highest BCUT2D eigenvalue weighted by molar-refractivity contribution is 6.30. The van der Waals surface area contributed by atoms with Gasteiger partial charge in [-0.15, -0.1) is 0 Å². The van der Waals surface area contributed by atoms with Crippen LogP contribution in [0.25, 0.3) is 11.4 Å². The minimum atomic E-state index is -0.457. The number of aromatic amines is 1. The van der Waals surface area contributed by atoms with Gasteiger partial charge in [-0.05, 0) is 6.07 Å². The molecule has 0 aromatic carbocycles. The number of amides is 1. The summed E-state index contributed by atoms with van der Waals surface area (Å²) in [5, 5.41) is 10.4. The topological polar surface area (TPSA) is 119 Å². The first-order valence-electron chi connectivity index (χ1n) is 6.51. The van der Waals surface area contributed by atoms with Crippen LogP contribution in [-0.4, -0.2) is 30.8 Å². The fraction of sp³-hybridized carbons (Fsp3) is 0.154. The molecule has 3 aromatic rings. The van der Waals surface area contributed by atoms with Crippen LogP contribution in [0.4, 0.5) is 0 Å². The van der Waals surface area contributed by atoms with Crippen LogP contribution in [0.15, 0.2) is 34.0 Å². The van der Waals surface area contributed by atoms with Crippen LogP contribution in [-0.2, 0) is 13.6 Å². The first-order chi connectivity index (χ1) is 11.0. The number of rotatable bonds is 4. The predicted octanol–water partition coefficient (Wildman–Crippen LogP) is 0.742. The van der Waals surface area contributed by atoms with Gasteiger partial charge in [-0.2, -0.15) is 10.1 Å². The summed E-state index contributed by atoms with van der Waals surface area (Å²) in [7, 11) is 1.78. The van der Waals surface area contributed by atoms with Crippen LogP contribution >= 0.6 is 11.6 Å². The number of nitrogens with zero attached hydrogens (tertiary/aromatic N) is 4. The molecule has 0 spiro atoms. The highest BCUT2D eigenvalue weighted by atomic mass is 35.5. The molecule has 10 heteroatoms. The molecule has 0 bridgehead atoms. The minimum absolute atomic E-state index is 0.0445. The number of carbonyl (C=O) groups is 1. The van der Waals surface area contributed by atoms with Gasteiger partial charge < -0.3 is 14.8 Å². The van der Waals surface area contributed by atoms with Gasteiger partial charge in [-0.1, -0.05) is 16.8 Å². The number of hydrogen-bond donors (Lipinski definition) is 2. The van der Waals surface area contributed by atoms with Gasteiger partial charge in [0.1, 0.15) is 5.02 Å². The van der Waals surface area contributed by atoms with Crippen molar-refractivity contribution >= 4 is 17.5 Å². The van der Waals surface area contributed by atoms with Crippen molar-refractivity contribution < 1.29 is 9.32 Å². The quantitative estimate of drug-likeness (QED) is 0.726. The third-order valence-electron chi connectivity index (χ3n) is 2.95. The first-order valence-corrected chi connectivity index (χ1v) is 6.89. The Bertz CT molecular complexity index is 912. The Labute approximate surface area is 134 Å². The molecule has 3 heterocycles. The summed E-state index contributed by atoms with van der Waals surface area (Å²) < 4.78 is 6.68. The molecule has 0 atom stereocenters. The first kappa shape index (κ1) is 15.0. The molecule has 23 heavy (non-hydrogen) atoms. The lowest BCUT2D eigenvalue weighted by atomic mass is 10.2. The van der Waals surface area contributed by atoms with Gasteiger partial charge >= 0.3 is 0 Å². The van der Waals surface area contributed by atoms with Crippen molar-refractivity contribution in [2.24, 2.45) is 7.05 Å². The smallest absolute Gasteiger partial charge is 0.266 e. The Morgan fingerprint density at radius 1 is 1.52 bits per heavy atom. The van der Waals surface area contributed by atoms with E-state index < -0.39 is 11.5 Å². The van der Waals surface area contributed by atoms with Crippen LogP contribution in [0.1, 0.15) is 16.2 Å². The molecule has 3 rings (SSSR count). The number of carbonyl (C=O) groups excluding carboxylic acids is 1. The lowest BCUT2D eigenvalue weighted by Gasteiger charge is -2.02. The fourth-order valence-corrected chi connectivity index (χ4v) is 2.00. The third-order valence-corrected chi connectivity index (χ3v) is 3.23. The number of aryl methyl sites for hydroxylation is 1. The Kier molecular flexibility index (Phi) is 3.94. The van der Waals surface area contributed by atoms with Crippen molar-refractivity contribution in [1.29, 1.82) is 0 Å². The Balaban J connectivity index is 1.66. The molecule has 2 N–H and O–H groups in total. The van der Waals surface area contributed by atoms with Gasteiger partial charge in [0.05, 0.1) is 23.9 Å². The van der Waals surface area contributed by atoms with E-state index in [1.807, 2.05) is 0 Å². The second kappa shape index (κ2) is 6.05. The molecular weight excluding hydrogens is 324 g/mol. The number of H-pyrrole nitrogens is 1. The van der Waals surface area contributed by atoms with Gasteiger partial charge in [-0.3, -0.25) is 14.3 Å². The minimum Gasteiger partial charge on any atom is -0.343 e. The van der Waals surface area contributed by atoms with Crippen LogP contribution in [0.3, 0.4) is 0 Å². The van der Waals surface area contributed by atoms with E-state index in [9.17, 15) is 9.59 Å². The number of nitrogens with one attached hydrogen (secondary N) is 2. The van der Waals surface area contributed by atoms with Gasteiger partial charge in [0.2, 0.25) is 11.7 Å². The molecule has 0 aliphatic carbocycles. The third kappa shape index (κ3) is 3.29. The van der Waals surface area contributed by atoms with Crippen molar-refractivity contribution in [3.63, 3.8) is 0 Å². The zero-order valence-corrected chi connectivity index (χ0v) is 12.7. The van der Waals surface area contributed by atoms with Crippen molar-refractivity contribution in [3.8, 4) is 11.4 Å². The van der Waals surface area contributed by atoms with Crippen LogP contribution in [0.2, 0.25) is 5.02 Å². The normalized spacial score (nSPS) is 10.7. The zero-order valence-electron chi connectivity index (χ0n) is 11.9. The molecule has 0 fully saturated rings. The summed E-state index contributed by atoms with van der Waals surface area (Å²) in [5.41, 5.74) is 0.476. The molecule has 118 valence electrons. The van der Waals surface area contributed by atoms with Gasteiger partial charge in [-0.25, -0.2) is 0 Å². The Hall–Kier alpha value is -2.94. The predicted molar refractivity (Wildman–Crippen MR) is 79.7 cm³/mol. The highest BCUT2D eigenvalue weighted by Crippen LogP contribution is 2.14. The molecule has 0 unspecified atom stereocenters. The number of hydrogen-bond acceptors (Lipinski definition) is 6. The van der Waals surface area contributed by atoms with Crippen LogP contribution in [0.5, 0.6) is 0 Å².